The maximum atomic E-state index is 13.2. The van der Waals surface area contributed by atoms with Gasteiger partial charge in [-0.3, -0.25) is 9.78 Å². The Morgan fingerprint density at radius 2 is 1.86 bits per heavy atom. The minimum absolute atomic E-state index is 0.0799. The first kappa shape index (κ1) is 20.0. The minimum atomic E-state index is -3.77. The zero-order chi connectivity index (χ0) is 20.1. The van der Waals surface area contributed by atoms with Gasteiger partial charge in [0.2, 0.25) is 0 Å². The molecule has 1 amide bonds. The summed E-state index contributed by atoms with van der Waals surface area (Å²) in [4.78, 5) is 16.7. The van der Waals surface area contributed by atoms with Gasteiger partial charge in [0.15, 0.2) is 9.84 Å². The Balaban J connectivity index is 1.90. The average molecular weight is 415 g/mol. The highest BCUT2D eigenvalue weighted by Crippen LogP contribution is 2.29. The molecule has 0 aliphatic rings. The molecule has 0 spiro atoms. The number of carbonyl (C=O) groups is 1. The third-order valence-corrected chi connectivity index (χ3v) is 6.67. The quantitative estimate of drug-likeness (QED) is 0.661. The van der Waals surface area contributed by atoms with E-state index in [2.05, 4.69) is 10.3 Å². The van der Waals surface area contributed by atoms with E-state index in [-0.39, 0.29) is 17.3 Å². The van der Waals surface area contributed by atoms with Gasteiger partial charge in [0.25, 0.3) is 5.91 Å². The molecule has 2 aromatic carbocycles. The molecule has 1 atom stereocenters. The van der Waals surface area contributed by atoms with Crippen LogP contribution in [0.1, 0.15) is 26.7 Å². The van der Waals surface area contributed by atoms with Gasteiger partial charge in [-0.05, 0) is 55.0 Å². The van der Waals surface area contributed by atoms with Crippen LogP contribution in [-0.2, 0) is 9.84 Å². The number of rotatable bonds is 6. The molecule has 144 valence electrons. The first-order chi connectivity index (χ1) is 13.4. The van der Waals surface area contributed by atoms with Crippen LogP contribution in [0.5, 0.6) is 0 Å². The summed E-state index contributed by atoms with van der Waals surface area (Å²) in [6, 6.07) is 16.4. The van der Waals surface area contributed by atoms with Crippen LogP contribution in [0.2, 0.25) is 5.02 Å². The fourth-order valence-electron chi connectivity index (χ4n) is 2.84. The zero-order valence-electron chi connectivity index (χ0n) is 15.2. The van der Waals surface area contributed by atoms with Crippen molar-refractivity contribution in [2.75, 3.05) is 6.54 Å². The molecule has 0 fully saturated rings. The number of sulfone groups is 1. The van der Waals surface area contributed by atoms with E-state index in [1.165, 1.54) is 30.5 Å². The second-order valence-electron chi connectivity index (χ2n) is 6.35. The van der Waals surface area contributed by atoms with E-state index in [9.17, 15) is 13.2 Å². The summed E-state index contributed by atoms with van der Waals surface area (Å²) in [5, 5.41) is 2.21. The Morgan fingerprint density at radius 3 is 2.50 bits per heavy atom. The summed E-state index contributed by atoms with van der Waals surface area (Å²) in [6.45, 7) is 1.81. The first-order valence-corrected chi connectivity index (χ1v) is 10.5. The number of nitrogens with one attached hydrogen (secondary N) is 1. The first-order valence-electron chi connectivity index (χ1n) is 8.62. The molecule has 0 aliphatic heterocycles. The number of amides is 1. The molecule has 7 heteroatoms. The van der Waals surface area contributed by atoms with E-state index in [4.69, 9.17) is 11.6 Å². The largest absolute Gasteiger partial charge is 0.350 e. The lowest BCUT2D eigenvalue weighted by Gasteiger charge is -2.19. The van der Waals surface area contributed by atoms with E-state index < -0.39 is 15.1 Å². The minimum Gasteiger partial charge on any atom is -0.350 e. The summed E-state index contributed by atoms with van der Waals surface area (Å²) < 4.78 is 26.5. The molecular formula is C21H19ClN2O3S. The molecule has 0 saturated carbocycles. The predicted molar refractivity (Wildman–Crippen MR) is 109 cm³/mol. The van der Waals surface area contributed by atoms with Crippen molar-refractivity contribution in [2.45, 2.75) is 17.1 Å². The molecule has 0 aliphatic carbocycles. The van der Waals surface area contributed by atoms with Crippen LogP contribution in [0.3, 0.4) is 0 Å². The van der Waals surface area contributed by atoms with Crippen LogP contribution >= 0.6 is 11.6 Å². The molecule has 28 heavy (non-hydrogen) atoms. The normalized spacial score (nSPS) is 12.4. The highest BCUT2D eigenvalue weighted by Gasteiger charge is 2.30. The monoisotopic (exact) mass is 414 g/mol. The molecular weight excluding hydrogens is 396 g/mol. The van der Waals surface area contributed by atoms with Crippen LogP contribution < -0.4 is 5.32 Å². The second kappa shape index (κ2) is 8.54. The lowest BCUT2D eigenvalue weighted by Crippen LogP contribution is -2.32. The van der Waals surface area contributed by atoms with Crippen LogP contribution in [0.15, 0.2) is 78.0 Å². The lowest BCUT2D eigenvalue weighted by atomic mass is 10.1. The zero-order valence-corrected chi connectivity index (χ0v) is 16.7. The number of hydrogen-bond donors (Lipinski definition) is 1. The lowest BCUT2D eigenvalue weighted by molar-refractivity contribution is 0.0953. The smallest absolute Gasteiger partial charge is 0.251 e. The van der Waals surface area contributed by atoms with Crippen molar-refractivity contribution in [1.29, 1.82) is 0 Å². The Morgan fingerprint density at radius 1 is 1.11 bits per heavy atom. The predicted octanol–water partition coefficient (Wildman–Crippen LogP) is 3.99. The Kier molecular flexibility index (Phi) is 6.11. The van der Waals surface area contributed by atoms with Gasteiger partial charge in [-0.1, -0.05) is 35.4 Å². The molecule has 0 saturated heterocycles. The van der Waals surface area contributed by atoms with Gasteiger partial charge in [-0.15, -0.1) is 0 Å². The van der Waals surface area contributed by atoms with Crippen LogP contribution in [-0.4, -0.2) is 25.9 Å². The van der Waals surface area contributed by atoms with Crippen LogP contribution in [0.25, 0.3) is 0 Å². The standard InChI is InChI=1S/C21H19ClN2O3S/c1-15-4-2-5-16(12-15)21(25)24-14-20(17-6-3-11-23-13-17)28(26,27)19-9-7-18(22)8-10-19/h2-13,20H,14H2,1H3,(H,24,25)/t20-/m0/s1. The summed E-state index contributed by atoms with van der Waals surface area (Å²) in [5.41, 5.74) is 1.93. The van der Waals surface area contributed by atoms with E-state index >= 15 is 0 Å². The molecule has 1 aromatic heterocycles. The van der Waals surface area contributed by atoms with Gasteiger partial charge in [0.1, 0.15) is 5.25 Å². The molecule has 1 heterocycles. The number of hydrogen-bond acceptors (Lipinski definition) is 4. The molecule has 0 radical (unpaired) electrons. The number of benzene rings is 2. The van der Waals surface area contributed by atoms with Crippen molar-refractivity contribution < 1.29 is 13.2 Å². The van der Waals surface area contributed by atoms with Crippen molar-refractivity contribution in [1.82, 2.24) is 10.3 Å². The van der Waals surface area contributed by atoms with Gasteiger partial charge in [-0.2, -0.15) is 0 Å². The van der Waals surface area contributed by atoms with Gasteiger partial charge in [-0.25, -0.2) is 8.42 Å². The van der Waals surface area contributed by atoms with Gasteiger partial charge in [0.05, 0.1) is 4.90 Å². The number of pyridine rings is 1. The fraction of sp³-hybridized carbons (Fsp3) is 0.143. The van der Waals surface area contributed by atoms with Crippen molar-refractivity contribution in [3.8, 4) is 0 Å². The average Bonchev–Trinajstić information content (AvgIpc) is 2.69. The Bertz CT molecular complexity index is 1070. The van der Waals surface area contributed by atoms with Crippen molar-refractivity contribution >= 4 is 27.3 Å². The van der Waals surface area contributed by atoms with E-state index in [0.29, 0.717) is 16.1 Å². The maximum absolute atomic E-state index is 13.2. The highest BCUT2D eigenvalue weighted by atomic mass is 35.5. The Labute approximate surface area is 169 Å². The summed E-state index contributed by atoms with van der Waals surface area (Å²) in [5.74, 6) is -0.330. The topological polar surface area (TPSA) is 76.1 Å². The van der Waals surface area contributed by atoms with Crippen molar-refractivity contribution in [2.24, 2.45) is 0 Å². The Hall–Kier alpha value is -2.70. The summed E-state index contributed by atoms with van der Waals surface area (Å²) in [7, 11) is -3.77. The SMILES string of the molecule is Cc1cccc(C(=O)NC[C@@H](c2cccnc2)S(=O)(=O)c2ccc(Cl)cc2)c1. The molecule has 5 nitrogen and oxygen atoms in total. The molecule has 1 N–H and O–H groups in total. The number of nitrogens with zero attached hydrogens (tertiary/aromatic N) is 1. The molecule has 0 bridgehead atoms. The number of carbonyl (C=O) groups excluding carboxylic acids is 1. The number of aromatic nitrogens is 1. The number of aryl methyl sites for hydroxylation is 1. The van der Waals surface area contributed by atoms with Crippen LogP contribution in [0.4, 0.5) is 0 Å². The summed E-state index contributed by atoms with van der Waals surface area (Å²) >= 11 is 5.88. The highest BCUT2D eigenvalue weighted by molar-refractivity contribution is 7.91. The third-order valence-electron chi connectivity index (χ3n) is 4.30. The van der Waals surface area contributed by atoms with E-state index in [1.807, 2.05) is 13.0 Å². The second-order valence-corrected chi connectivity index (χ2v) is 8.92. The van der Waals surface area contributed by atoms with Crippen molar-refractivity contribution in [3.63, 3.8) is 0 Å². The maximum Gasteiger partial charge on any atom is 0.251 e. The van der Waals surface area contributed by atoms with E-state index in [1.54, 1.807) is 36.5 Å². The number of halogens is 1. The summed E-state index contributed by atoms with van der Waals surface area (Å²) in [6.07, 6.45) is 3.07. The van der Waals surface area contributed by atoms with Crippen molar-refractivity contribution in [3.05, 3.63) is 94.8 Å². The van der Waals surface area contributed by atoms with Gasteiger partial charge in [0, 0.05) is 29.5 Å². The van der Waals surface area contributed by atoms with E-state index in [0.717, 1.165) is 5.56 Å². The van der Waals surface area contributed by atoms with Gasteiger partial charge < -0.3 is 5.32 Å². The molecule has 3 aromatic rings. The van der Waals surface area contributed by atoms with Crippen LogP contribution in [0, 0.1) is 6.92 Å². The molecule has 3 rings (SSSR count). The fourth-order valence-corrected chi connectivity index (χ4v) is 4.61. The molecule has 0 unspecified atom stereocenters. The van der Waals surface area contributed by atoms with Gasteiger partial charge >= 0.3 is 0 Å². The third kappa shape index (κ3) is 4.58.